The molecule has 0 aromatic heterocycles. The maximum Gasteiger partial charge on any atom is 0.263 e. The number of benzene rings is 1. The number of quaternary nitrogens is 1. The third-order valence-electron chi connectivity index (χ3n) is 4.07. The molecule has 0 bridgehead atoms. The Morgan fingerprint density at radius 3 is 2.50 bits per heavy atom. The minimum atomic E-state index is -0.421. The second-order valence-corrected chi connectivity index (χ2v) is 5.79. The topological polar surface area (TPSA) is 34.0 Å². The lowest BCUT2D eigenvalue weighted by molar-refractivity contribution is -0.883. The van der Waals surface area contributed by atoms with Gasteiger partial charge in [0.05, 0.1) is 33.2 Å². The summed E-state index contributed by atoms with van der Waals surface area (Å²) in [6.07, 6.45) is -0.421. The number of hydrogen-bond donors (Lipinski definition) is 1. The zero-order chi connectivity index (χ0) is 14.7. The van der Waals surface area contributed by atoms with Crippen molar-refractivity contribution >= 4 is 5.91 Å². The van der Waals surface area contributed by atoms with E-state index in [0.29, 0.717) is 0 Å². The van der Waals surface area contributed by atoms with Gasteiger partial charge in [-0.25, -0.2) is 0 Å². The fourth-order valence-electron chi connectivity index (χ4n) is 2.41. The predicted molar refractivity (Wildman–Crippen MR) is 79.2 cm³/mol. The quantitative estimate of drug-likeness (QED) is 0.869. The molecule has 0 unspecified atom stereocenters. The molecule has 0 radical (unpaired) electrons. The minimum absolute atomic E-state index is 0.0933. The zero-order valence-electron chi connectivity index (χ0n) is 12.9. The van der Waals surface area contributed by atoms with Gasteiger partial charge >= 0.3 is 0 Å². The van der Waals surface area contributed by atoms with E-state index in [9.17, 15) is 4.79 Å². The number of carbonyl (C=O) groups excluding carboxylic acids is 1. The van der Waals surface area contributed by atoms with Crippen molar-refractivity contribution in [2.45, 2.75) is 26.9 Å². The fourth-order valence-corrected chi connectivity index (χ4v) is 2.41. The molecule has 0 spiro atoms. The molecule has 1 aromatic carbocycles. The Balaban J connectivity index is 1.95. The Kier molecular flexibility index (Phi) is 4.65. The third-order valence-corrected chi connectivity index (χ3v) is 4.07. The van der Waals surface area contributed by atoms with Crippen molar-refractivity contribution in [1.29, 1.82) is 0 Å². The van der Waals surface area contributed by atoms with Crippen molar-refractivity contribution in [2.75, 3.05) is 33.2 Å². The predicted octanol–water partition coefficient (Wildman–Crippen LogP) is 0.428. The number of amides is 1. The van der Waals surface area contributed by atoms with Crippen molar-refractivity contribution in [2.24, 2.45) is 0 Å². The molecule has 0 saturated carbocycles. The number of piperazine rings is 1. The molecule has 1 fully saturated rings. The molecule has 0 aliphatic carbocycles. The highest BCUT2D eigenvalue weighted by atomic mass is 16.5. The van der Waals surface area contributed by atoms with Gasteiger partial charge in [-0.3, -0.25) is 4.79 Å². The van der Waals surface area contributed by atoms with Gasteiger partial charge in [0, 0.05) is 0 Å². The lowest BCUT2D eigenvalue weighted by atomic mass is 10.1. The summed E-state index contributed by atoms with van der Waals surface area (Å²) in [6.45, 7) is 9.64. The highest BCUT2D eigenvalue weighted by Crippen LogP contribution is 2.18. The average molecular weight is 277 g/mol. The summed E-state index contributed by atoms with van der Waals surface area (Å²) in [6, 6.07) is 5.95. The van der Waals surface area contributed by atoms with Gasteiger partial charge in [-0.2, -0.15) is 0 Å². The Bertz CT molecular complexity index is 479. The SMILES string of the molecule is Cc1ccc(O[C@@H](C)C(=O)N2CC[NH+](C)CC2)cc1C. The summed E-state index contributed by atoms with van der Waals surface area (Å²) >= 11 is 0. The van der Waals surface area contributed by atoms with Crippen LogP contribution in [0, 0.1) is 13.8 Å². The van der Waals surface area contributed by atoms with E-state index in [0.717, 1.165) is 31.9 Å². The van der Waals surface area contributed by atoms with Gasteiger partial charge in [0.15, 0.2) is 6.10 Å². The van der Waals surface area contributed by atoms with Crippen LogP contribution in [-0.4, -0.2) is 50.1 Å². The van der Waals surface area contributed by atoms with Crippen LogP contribution in [0.3, 0.4) is 0 Å². The van der Waals surface area contributed by atoms with E-state index in [1.165, 1.54) is 16.0 Å². The van der Waals surface area contributed by atoms with Crippen LogP contribution in [0.25, 0.3) is 0 Å². The molecule has 2 rings (SSSR count). The van der Waals surface area contributed by atoms with E-state index < -0.39 is 6.10 Å². The smallest absolute Gasteiger partial charge is 0.263 e. The number of hydrogen-bond acceptors (Lipinski definition) is 2. The first kappa shape index (κ1) is 14.9. The Hall–Kier alpha value is -1.55. The summed E-state index contributed by atoms with van der Waals surface area (Å²) in [5.41, 5.74) is 2.42. The summed E-state index contributed by atoms with van der Waals surface area (Å²) in [5.74, 6) is 0.865. The van der Waals surface area contributed by atoms with E-state index in [1.54, 1.807) is 0 Å². The van der Waals surface area contributed by atoms with Crippen molar-refractivity contribution in [3.8, 4) is 5.75 Å². The molecule has 1 aliphatic rings. The minimum Gasteiger partial charge on any atom is -0.481 e. The lowest BCUT2D eigenvalue weighted by Gasteiger charge is -2.31. The normalized spacial score (nSPS) is 17.9. The molecular formula is C16H25N2O2+. The number of nitrogens with zero attached hydrogens (tertiary/aromatic N) is 1. The first-order valence-electron chi connectivity index (χ1n) is 7.31. The van der Waals surface area contributed by atoms with Crippen LogP contribution in [0.4, 0.5) is 0 Å². The van der Waals surface area contributed by atoms with E-state index >= 15 is 0 Å². The maximum atomic E-state index is 12.4. The molecule has 20 heavy (non-hydrogen) atoms. The molecule has 1 amide bonds. The Morgan fingerprint density at radius 1 is 1.25 bits per heavy atom. The molecule has 1 saturated heterocycles. The molecule has 1 N–H and O–H groups in total. The van der Waals surface area contributed by atoms with Crippen molar-refractivity contribution in [3.63, 3.8) is 0 Å². The third kappa shape index (κ3) is 3.51. The summed E-state index contributed by atoms with van der Waals surface area (Å²) in [7, 11) is 2.16. The second kappa shape index (κ2) is 6.27. The Labute approximate surface area is 121 Å². The number of carbonyl (C=O) groups is 1. The van der Waals surface area contributed by atoms with E-state index in [2.05, 4.69) is 20.9 Å². The van der Waals surface area contributed by atoms with E-state index in [-0.39, 0.29) is 5.91 Å². The number of likely N-dealkylation sites (N-methyl/N-ethyl adjacent to an activating group) is 1. The number of aryl methyl sites for hydroxylation is 2. The fraction of sp³-hybridized carbons (Fsp3) is 0.562. The molecule has 4 heteroatoms. The summed E-state index contributed by atoms with van der Waals surface area (Å²) in [4.78, 5) is 15.8. The van der Waals surface area contributed by atoms with Crippen molar-refractivity contribution in [1.82, 2.24) is 4.90 Å². The van der Waals surface area contributed by atoms with Gasteiger partial charge in [-0.05, 0) is 44.0 Å². The number of rotatable bonds is 3. The lowest BCUT2D eigenvalue weighted by Crippen LogP contribution is -3.12. The monoisotopic (exact) mass is 277 g/mol. The molecule has 1 heterocycles. The number of ether oxygens (including phenoxy) is 1. The van der Waals surface area contributed by atoms with Gasteiger partial charge < -0.3 is 14.5 Å². The molecule has 1 aliphatic heterocycles. The molecule has 1 aromatic rings. The first-order valence-corrected chi connectivity index (χ1v) is 7.31. The van der Waals surface area contributed by atoms with Crippen LogP contribution < -0.4 is 9.64 Å². The van der Waals surface area contributed by atoms with Gasteiger partial charge in [0.25, 0.3) is 5.91 Å². The molecular weight excluding hydrogens is 252 g/mol. The average Bonchev–Trinajstić information content (AvgIpc) is 2.43. The van der Waals surface area contributed by atoms with Gasteiger partial charge in [-0.15, -0.1) is 0 Å². The van der Waals surface area contributed by atoms with Crippen LogP contribution in [0.2, 0.25) is 0 Å². The highest BCUT2D eigenvalue weighted by Gasteiger charge is 2.26. The molecule has 4 nitrogen and oxygen atoms in total. The van der Waals surface area contributed by atoms with Crippen LogP contribution in [0.5, 0.6) is 5.75 Å². The highest BCUT2D eigenvalue weighted by molar-refractivity contribution is 5.81. The van der Waals surface area contributed by atoms with Crippen molar-refractivity contribution < 1.29 is 14.4 Å². The zero-order valence-corrected chi connectivity index (χ0v) is 12.9. The Morgan fingerprint density at radius 2 is 1.90 bits per heavy atom. The standard InChI is InChI=1S/C16H24N2O2/c1-12-5-6-15(11-13(12)2)20-14(3)16(19)18-9-7-17(4)8-10-18/h5-6,11,14H,7-10H2,1-4H3/p+1/t14-/m0/s1. The summed E-state index contributed by atoms with van der Waals surface area (Å²) in [5, 5.41) is 0. The van der Waals surface area contributed by atoms with Crippen LogP contribution in [-0.2, 0) is 4.79 Å². The molecule has 110 valence electrons. The maximum absolute atomic E-state index is 12.4. The van der Waals surface area contributed by atoms with Crippen molar-refractivity contribution in [3.05, 3.63) is 29.3 Å². The van der Waals surface area contributed by atoms with E-state index in [4.69, 9.17) is 4.74 Å². The van der Waals surface area contributed by atoms with Crippen LogP contribution >= 0.6 is 0 Å². The van der Waals surface area contributed by atoms with Gasteiger partial charge in [-0.1, -0.05) is 6.07 Å². The van der Waals surface area contributed by atoms with Crippen LogP contribution in [0.15, 0.2) is 18.2 Å². The first-order chi connectivity index (χ1) is 9.47. The van der Waals surface area contributed by atoms with Gasteiger partial charge in [0.2, 0.25) is 0 Å². The number of nitrogens with one attached hydrogen (secondary N) is 1. The van der Waals surface area contributed by atoms with Crippen LogP contribution in [0.1, 0.15) is 18.1 Å². The van der Waals surface area contributed by atoms with Gasteiger partial charge in [0.1, 0.15) is 5.75 Å². The second-order valence-electron chi connectivity index (χ2n) is 5.79. The van der Waals surface area contributed by atoms with E-state index in [1.807, 2.05) is 30.0 Å². The summed E-state index contributed by atoms with van der Waals surface area (Å²) < 4.78 is 5.79. The largest absolute Gasteiger partial charge is 0.481 e. The molecule has 1 atom stereocenters.